The zero-order valence-corrected chi connectivity index (χ0v) is 17.3. The van der Waals surface area contributed by atoms with E-state index < -0.39 is 16.4 Å². The molecule has 0 bridgehead atoms. The van der Waals surface area contributed by atoms with Gasteiger partial charge in [0.15, 0.2) is 0 Å². The molecule has 1 heterocycles. The van der Waals surface area contributed by atoms with Crippen LogP contribution in [0.2, 0.25) is 0 Å². The number of aromatic nitrogens is 2. The third-order valence-electron chi connectivity index (χ3n) is 3.81. The predicted octanol–water partition coefficient (Wildman–Crippen LogP) is 2.65. The number of nitrogens with one attached hydrogen (secondary N) is 2. The monoisotopic (exact) mass is 442 g/mol. The molecule has 0 aliphatic heterocycles. The van der Waals surface area contributed by atoms with Crippen LogP contribution in [0.3, 0.4) is 0 Å². The second-order valence-electron chi connectivity index (χ2n) is 6.33. The van der Waals surface area contributed by atoms with Gasteiger partial charge in [-0.3, -0.25) is 4.21 Å². The highest BCUT2D eigenvalue weighted by molar-refractivity contribution is 9.10. The van der Waals surface area contributed by atoms with E-state index in [4.69, 9.17) is 5.11 Å². The Morgan fingerprint density at radius 3 is 2.54 bits per heavy atom. The molecule has 0 aliphatic rings. The van der Waals surface area contributed by atoms with Gasteiger partial charge in [0.05, 0.1) is 39.3 Å². The van der Waals surface area contributed by atoms with Gasteiger partial charge in [-0.1, -0.05) is 0 Å². The number of hydrogen-bond donors (Lipinski definition) is 4. The number of benzene rings is 1. The normalized spacial score (nSPS) is 13.9. The third kappa shape index (κ3) is 5.73. The van der Waals surface area contributed by atoms with E-state index in [1.807, 2.05) is 6.92 Å². The highest BCUT2D eigenvalue weighted by atomic mass is 79.9. The Morgan fingerprint density at radius 2 is 1.96 bits per heavy atom. The van der Waals surface area contributed by atoms with E-state index in [1.54, 1.807) is 44.3 Å². The Morgan fingerprint density at radius 1 is 1.31 bits per heavy atom. The third-order valence-corrected chi connectivity index (χ3v) is 5.74. The van der Waals surface area contributed by atoms with Crippen molar-refractivity contribution in [2.75, 3.05) is 23.0 Å². The highest BCUT2D eigenvalue weighted by Crippen LogP contribution is 2.24. The fraction of sp³-hybridized carbons (Fsp3) is 0.412. The first-order valence-corrected chi connectivity index (χ1v) is 10.2. The minimum Gasteiger partial charge on any atom is -0.395 e. The summed E-state index contributed by atoms with van der Waals surface area (Å²) in [4.78, 5) is 9.30. The first-order chi connectivity index (χ1) is 12.2. The maximum absolute atomic E-state index is 11.9. The topological polar surface area (TPSA) is 107 Å². The highest BCUT2D eigenvalue weighted by Gasteiger charge is 2.23. The number of aliphatic hydroxyl groups excluding tert-OH is 1. The van der Waals surface area contributed by atoms with Crippen molar-refractivity contribution in [3.8, 4) is 0 Å². The molecule has 0 spiro atoms. The van der Waals surface area contributed by atoms with E-state index in [-0.39, 0.29) is 18.4 Å². The summed E-state index contributed by atoms with van der Waals surface area (Å²) in [7, 11) is -1.21. The average Bonchev–Trinajstić information content (AvgIpc) is 2.58. The standard InChI is InChI=1S/C17H23BrN4O3S/c1-11(17(2,3)24)20-15-14(18)10-19-16(22-15)21-12-4-6-13(7-5-12)26(25)9-8-23/h4-7,10-11,23-24H,8-9H2,1-3H3,(H2,19,20,21,22)/t11-,26?/m1/s1. The van der Waals surface area contributed by atoms with Crippen molar-refractivity contribution in [1.29, 1.82) is 0 Å². The number of nitrogens with zero attached hydrogens (tertiary/aromatic N) is 2. The molecule has 0 saturated heterocycles. The molecule has 1 unspecified atom stereocenters. The summed E-state index contributed by atoms with van der Waals surface area (Å²) < 4.78 is 12.5. The fourth-order valence-electron chi connectivity index (χ4n) is 1.93. The van der Waals surface area contributed by atoms with Crippen LogP contribution in [0.1, 0.15) is 20.8 Å². The lowest BCUT2D eigenvalue weighted by Crippen LogP contribution is -2.39. The first kappa shape index (κ1) is 20.8. The van der Waals surface area contributed by atoms with E-state index in [9.17, 15) is 9.32 Å². The van der Waals surface area contributed by atoms with Crippen molar-refractivity contribution >= 4 is 44.2 Å². The molecule has 2 rings (SSSR count). The van der Waals surface area contributed by atoms with Crippen molar-refractivity contribution in [2.24, 2.45) is 0 Å². The van der Waals surface area contributed by atoms with Crippen molar-refractivity contribution in [1.82, 2.24) is 9.97 Å². The summed E-state index contributed by atoms with van der Waals surface area (Å²) >= 11 is 3.40. The van der Waals surface area contributed by atoms with Crippen LogP contribution < -0.4 is 10.6 Å². The van der Waals surface area contributed by atoms with Gasteiger partial charge in [0.2, 0.25) is 5.95 Å². The molecule has 142 valence electrons. The molecule has 0 aliphatic carbocycles. The molecule has 2 aromatic rings. The van der Waals surface area contributed by atoms with E-state index in [1.165, 1.54) is 0 Å². The van der Waals surface area contributed by atoms with Crippen molar-refractivity contribution in [2.45, 2.75) is 37.3 Å². The lowest BCUT2D eigenvalue weighted by Gasteiger charge is -2.27. The fourth-order valence-corrected chi connectivity index (χ4v) is 3.08. The minimum absolute atomic E-state index is 0.113. The van der Waals surface area contributed by atoms with Gasteiger partial charge in [0.1, 0.15) is 5.82 Å². The zero-order chi connectivity index (χ0) is 19.3. The van der Waals surface area contributed by atoms with Crippen LogP contribution in [0.5, 0.6) is 0 Å². The summed E-state index contributed by atoms with van der Waals surface area (Å²) in [6.07, 6.45) is 1.62. The van der Waals surface area contributed by atoms with Crippen LogP contribution in [-0.4, -0.2) is 48.4 Å². The Bertz CT molecular complexity index is 766. The van der Waals surface area contributed by atoms with E-state index >= 15 is 0 Å². The van der Waals surface area contributed by atoms with E-state index in [0.717, 1.165) is 5.69 Å². The molecule has 26 heavy (non-hydrogen) atoms. The van der Waals surface area contributed by atoms with Crippen LogP contribution in [0, 0.1) is 0 Å². The largest absolute Gasteiger partial charge is 0.395 e. The van der Waals surface area contributed by atoms with E-state index in [0.29, 0.717) is 21.1 Å². The van der Waals surface area contributed by atoms with Crippen molar-refractivity contribution < 1.29 is 14.4 Å². The average molecular weight is 443 g/mol. The summed E-state index contributed by atoms with van der Waals surface area (Å²) in [5, 5.41) is 25.2. The van der Waals surface area contributed by atoms with Gasteiger partial charge in [0.25, 0.3) is 0 Å². The smallest absolute Gasteiger partial charge is 0.229 e. The summed E-state index contributed by atoms with van der Waals surface area (Å²) in [6.45, 7) is 5.20. The molecule has 1 aromatic heterocycles. The van der Waals surface area contributed by atoms with Crippen LogP contribution >= 0.6 is 15.9 Å². The second-order valence-corrected chi connectivity index (χ2v) is 8.76. The lowest BCUT2D eigenvalue weighted by atomic mass is 10.0. The first-order valence-electron chi connectivity index (χ1n) is 8.08. The molecule has 4 N–H and O–H groups in total. The number of aliphatic hydroxyl groups is 2. The van der Waals surface area contributed by atoms with Gasteiger partial charge in [-0.2, -0.15) is 4.98 Å². The predicted molar refractivity (Wildman–Crippen MR) is 107 cm³/mol. The van der Waals surface area contributed by atoms with Crippen LogP contribution in [0.25, 0.3) is 0 Å². The van der Waals surface area contributed by atoms with Gasteiger partial charge < -0.3 is 20.8 Å². The van der Waals surface area contributed by atoms with Crippen molar-refractivity contribution in [3.05, 3.63) is 34.9 Å². The summed E-state index contributed by atoms with van der Waals surface area (Å²) in [6, 6.07) is 6.82. The van der Waals surface area contributed by atoms with Gasteiger partial charge in [-0.05, 0) is 61.0 Å². The number of hydrogen-bond acceptors (Lipinski definition) is 7. The van der Waals surface area contributed by atoms with Crippen LogP contribution in [-0.2, 0) is 10.8 Å². The van der Waals surface area contributed by atoms with E-state index in [2.05, 4.69) is 36.5 Å². The molecule has 7 nitrogen and oxygen atoms in total. The molecule has 0 radical (unpaired) electrons. The van der Waals surface area contributed by atoms with Crippen molar-refractivity contribution in [3.63, 3.8) is 0 Å². The number of halogens is 1. The Hall–Kier alpha value is -1.55. The Labute approximate surface area is 163 Å². The minimum atomic E-state index is -1.21. The molecular formula is C17H23BrN4O3S. The lowest BCUT2D eigenvalue weighted by molar-refractivity contribution is 0.0647. The zero-order valence-electron chi connectivity index (χ0n) is 14.9. The SMILES string of the molecule is C[C@@H](Nc1nc(Nc2ccc(S(=O)CCO)cc2)ncc1Br)C(C)(C)O. The molecule has 9 heteroatoms. The quantitative estimate of drug-likeness (QED) is 0.497. The second kappa shape index (κ2) is 8.90. The molecule has 0 fully saturated rings. The Kier molecular flexibility index (Phi) is 7.10. The van der Waals surface area contributed by atoms with Gasteiger partial charge >= 0.3 is 0 Å². The van der Waals surface area contributed by atoms with Crippen LogP contribution in [0.4, 0.5) is 17.5 Å². The maximum atomic E-state index is 11.9. The summed E-state index contributed by atoms with van der Waals surface area (Å²) in [5.41, 5.74) is -0.156. The number of anilines is 3. The summed E-state index contributed by atoms with van der Waals surface area (Å²) in [5.74, 6) is 1.18. The van der Waals surface area contributed by atoms with Crippen LogP contribution in [0.15, 0.2) is 39.8 Å². The van der Waals surface area contributed by atoms with Gasteiger partial charge in [-0.15, -0.1) is 0 Å². The molecular weight excluding hydrogens is 420 g/mol. The molecule has 0 amide bonds. The molecule has 2 atom stereocenters. The molecule has 0 saturated carbocycles. The maximum Gasteiger partial charge on any atom is 0.229 e. The van der Waals surface area contributed by atoms with Gasteiger partial charge in [-0.25, -0.2) is 4.98 Å². The van der Waals surface area contributed by atoms with Gasteiger partial charge in [0, 0.05) is 16.8 Å². The molecule has 1 aromatic carbocycles. The Balaban J connectivity index is 2.12. The number of rotatable bonds is 8.